The summed E-state index contributed by atoms with van der Waals surface area (Å²) >= 11 is 1.57. The summed E-state index contributed by atoms with van der Waals surface area (Å²) in [6.07, 6.45) is 2.90. The SMILES string of the molecule is CC(=O)c1ccc(OCC(=O)N2CCc3c(cnc(C)c3CNC(=O)Cc3cccs3)C2)cc1. The fourth-order valence-electron chi connectivity index (χ4n) is 4.01. The maximum absolute atomic E-state index is 12.7. The van der Waals surface area contributed by atoms with Crippen molar-refractivity contribution < 1.29 is 19.1 Å². The monoisotopic (exact) mass is 477 g/mol. The van der Waals surface area contributed by atoms with Crippen molar-refractivity contribution in [2.45, 2.75) is 39.8 Å². The van der Waals surface area contributed by atoms with Crippen LogP contribution in [0.1, 0.15) is 44.5 Å². The van der Waals surface area contributed by atoms with E-state index in [4.69, 9.17) is 4.74 Å². The lowest BCUT2D eigenvalue weighted by atomic mass is 9.95. The lowest BCUT2D eigenvalue weighted by Gasteiger charge is -2.30. The Morgan fingerprint density at radius 3 is 2.68 bits per heavy atom. The molecule has 0 spiro atoms. The van der Waals surface area contributed by atoms with Crippen molar-refractivity contribution in [1.29, 1.82) is 0 Å². The molecule has 2 amide bonds. The van der Waals surface area contributed by atoms with Crippen LogP contribution in [-0.2, 0) is 35.5 Å². The predicted octanol–water partition coefficient (Wildman–Crippen LogP) is 3.48. The van der Waals surface area contributed by atoms with Crippen molar-refractivity contribution in [1.82, 2.24) is 15.2 Å². The number of ketones is 1. The van der Waals surface area contributed by atoms with Crippen LogP contribution in [0.5, 0.6) is 5.75 Å². The second kappa shape index (κ2) is 10.6. The van der Waals surface area contributed by atoms with Gasteiger partial charge < -0.3 is 15.0 Å². The molecule has 1 aliphatic heterocycles. The molecule has 34 heavy (non-hydrogen) atoms. The van der Waals surface area contributed by atoms with E-state index in [1.807, 2.05) is 30.6 Å². The number of aryl methyl sites for hydroxylation is 1. The van der Waals surface area contributed by atoms with Crippen molar-refractivity contribution in [2.24, 2.45) is 0 Å². The molecule has 1 N–H and O–H groups in total. The second-order valence-electron chi connectivity index (χ2n) is 8.29. The fourth-order valence-corrected chi connectivity index (χ4v) is 4.72. The summed E-state index contributed by atoms with van der Waals surface area (Å²) in [7, 11) is 0. The molecule has 0 saturated heterocycles. The number of Topliss-reactive ketones (excluding diaryl/α,β-unsaturated/α-hetero) is 1. The van der Waals surface area contributed by atoms with Gasteiger partial charge in [-0.15, -0.1) is 11.3 Å². The first-order valence-corrected chi connectivity index (χ1v) is 12.1. The highest BCUT2D eigenvalue weighted by Gasteiger charge is 2.24. The largest absolute Gasteiger partial charge is 0.484 e. The number of carbonyl (C=O) groups excluding carboxylic acids is 3. The van der Waals surface area contributed by atoms with E-state index in [-0.39, 0.29) is 24.2 Å². The third kappa shape index (κ3) is 5.69. The highest BCUT2D eigenvalue weighted by Crippen LogP contribution is 2.24. The molecule has 0 unspecified atom stereocenters. The Labute approximate surface area is 202 Å². The van der Waals surface area contributed by atoms with Crippen LogP contribution in [-0.4, -0.2) is 40.6 Å². The summed E-state index contributed by atoms with van der Waals surface area (Å²) < 4.78 is 5.63. The van der Waals surface area contributed by atoms with Gasteiger partial charge in [-0.05, 0) is 72.7 Å². The van der Waals surface area contributed by atoms with Crippen LogP contribution in [0.3, 0.4) is 0 Å². The quantitative estimate of drug-likeness (QED) is 0.502. The van der Waals surface area contributed by atoms with Crippen molar-refractivity contribution >= 4 is 28.9 Å². The van der Waals surface area contributed by atoms with Gasteiger partial charge in [0.2, 0.25) is 5.91 Å². The molecule has 176 valence electrons. The summed E-state index contributed by atoms with van der Waals surface area (Å²) in [5.41, 5.74) is 4.69. The average Bonchev–Trinajstić information content (AvgIpc) is 3.34. The van der Waals surface area contributed by atoms with Crippen molar-refractivity contribution in [3.05, 3.63) is 80.8 Å². The first kappa shape index (κ1) is 23.6. The first-order valence-electron chi connectivity index (χ1n) is 11.2. The van der Waals surface area contributed by atoms with Crippen LogP contribution in [0.4, 0.5) is 0 Å². The molecule has 0 aliphatic carbocycles. The first-order chi connectivity index (χ1) is 16.4. The number of nitrogens with one attached hydrogen (secondary N) is 1. The molecule has 0 fully saturated rings. The number of carbonyl (C=O) groups is 3. The van der Waals surface area contributed by atoms with Crippen LogP contribution in [0.25, 0.3) is 0 Å². The van der Waals surface area contributed by atoms with Crippen molar-refractivity contribution in [3.63, 3.8) is 0 Å². The number of ether oxygens (including phenoxy) is 1. The molecular weight excluding hydrogens is 450 g/mol. The van der Waals surface area contributed by atoms with Crippen LogP contribution in [0, 0.1) is 6.92 Å². The van der Waals surface area contributed by atoms with E-state index in [2.05, 4.69) is 10.3 Å². The van der Waals surface area contributed by atoms with Gasteiger partial charge in [0.25, 0.3) is 5.91 Å². The minimum Gasteiger partial charge on any atom is -0.484 e. The Morgan fingerprint density at radius 2 is 1.97 bits per heavy atom. The van der Waals surface area contributed by atoms with Gasteiger partial charge in [0, 0.05) is 42.0 Å². The van der Waals surface area contributed by atoms with Gasteiger partial charge in [0.05, 0.1) is 6.42 Å². The van der Waals surface area contributed by atoms with Crippen LogP contribution < -0.4 is 10.1 Å². The number of hydrogen-bond acceptors (Lipinski definition) is 6. The summed E-state index contributed by atoms with van der Waals surface area (Å²) in [5, 5.41) is 4.98. The number of benzene rings is 1. The van der Waals surface area contributed by atoms with Gasteiger partial charge in [-0.2, -0.15) is 0 Å². The summed E-state index contributed by atoms with van der Waals surface area (Å²) in [4.78, 5) is 43.8. The molecular formula is C26H27N3O4S. The van der Waals surface area contributed by atoms with E-state index in [1.165, 1.54) is 6.92 Å². The molecule has 2 aromatic heterocycles. The van der Waals surface area contributed by atoms with Crippen LogP contribution in [0.2, 0.25) is 0 Å². The van der Waals surface area contributed by atoms with E-state index >= 15 is 0 Å². The molecule has 0 radical (unpaired) electrons. The van der Waals surface area contributed by atoms with Crippen molar-refractivity contribution in [2.75, 3.05) is 13.2 Å². The molecule has 7 nitrogen and oxygen atoms in total. The number of hydrogen-bond donors (Lipinski definition) is 1. The summed E-state index contributed by atoms with van der Waals surface area (Å²) in [6, 6.07) is 10.7. The molecule has 4 rings (SSSR count). The number of nitrogens with zero attached hydrogens (tertiary/aromatic N) is 2. The summed E-state index contributed by atoms with van der Waals surface area (Å²) in [6.45, 7) is 4.86. The predicted molar refractivity (Wildman–Crippen MR) is 130 cm³/mol. The van der Waals surface area contributed by atoms with E-state index < -0.39 is 0 Å². The maximum Gasteiger partial charge on any atom is 0.260 e. The standard InChI is InChI=1S/C26H27N3O4S/c1-17-24(14-28-25(31)12-22-4-3-11-34-22)23-9-10-29(15-20(23)13-27-17)26(32)16-33-21-7-5-19(6-8-21)18(2)30/h3-8,11,13H,9-10,12,14-16H2,1-2H3,(H,28,31). The Bertz CT molecular complexity index is 1190. The number of aromatic nitrogens is 1. The van der Waals surface area contributed by atoms with E-state index in [9.17, 15) is 14.4 Å². The van der Waals surface area contributed by atoms with E-state index in [1.54, 1.807) is 40.5 Å². The van der Waals surface area contributed by atoms with Gasteiger partial charge in [-0.1, -0.05) is 6.07 Å². The molecule has 3 heterocycles. The van der Waals surface area contributed by atoms with Gasteiger partial charge in [0.1, 0.15) is 5.75 Å². The van der Waals surface area contributed by atoms with Gasteiger partial charge in [0.15, 0.2) is 12.4 Å². The minimum absolute atomic E-state index is 0.0134. The number of thiophene rings is 1. The number of rotatable bonds is 8. The van der Waals surface area contributed by atoms with Gasteiger partial charge in [-0.25, -0.2) is 0 Å². The Kier molecular flexibility index (Phi) is 7.37. The minimum atomic E-state index is -0.104. The molecule has 8 heteroatoms. The normalized spacial score (nSPS) is 12.7. The van der Waals surface area contributed by atoms with Gasteiger partial charge >= 0.3 is 0 Å². The molecule has 0 bridgehead atoms. The Morgan fingerprint density at radius 1 is 1.18 bits per heavy atom. The number of pyridine rings is 1. The van der Waals surface area contributed by atoms with Crippen LogP contribution >= 0.6 is 11.3 Å². The third-order valence-electron chi connectivity index (χ3n) is 5.95. The molecule has 0 atom stereocenters. The lowest BCUT2D eigenvalue weighted by molar-refractivity contribution is -0.134. The Hall–Kier alpha value is -3.52. The highest BCUT2D eigenvalue weighted by molar-refractivity contribution is 7.10. The molecule has 1 aliphatic rings. The third-order valence-corrected chi connectivity index (χ3v) is 6.83. The molecule has 3 aromatic rings. The smallest absolute Gasteiger partial charge is 0.260 e. The maximum atomic E-state index is 12.7. The number of fused-ring (bicyclic) bond motifs is 1. The fraction of sp³-hybridized carbons (Fsp3) is 0.308. The average molecular weight is 478 g/mol. The second-order valence-corrected chi connectivity index (χ2v) is 9.33. The number of amides is 2. The molecule has 1 aromatic carbocycles. The highest BCUT2D eigenvalue weighted by atomic mass is 32.1. The topological polar surface area (TPSA) is 88.6 Å². The van der Waals surface area contributed by atoms with E-state index in [0.717, 1.165) is 27.3 Å². The van der Waals surface area contributed by atoms with Crippen molar-refractivity contribution in [3.8, 4) is 5.75 Å². The lowest BCUT2D eigenvalue weighted by Crippen LogP contribution is -2.39. The summed E-state index contributed by atoms with van der Waals surface area (Å²) in [5.74, 6) is 0.418. The zero-order valence-corrected chi connectivity index (χ0v) is 20.1. The zero-order valence-electron chi connectivity index (χ0n) is 19.3. The van der Waals surface area contributed by atoms with Crippen LogP contribution in [0.15, 0.2) is 48.0 Å². The van der Waals surface area contributed by atoms with E-state index in [0.29, 0.717) is 43.8 Å². The van der Waals surface area contributed by atoms with Gasteiger partial charge in [-0.3, -0.25) is 19.4 Å². The zero-order chi connectivity index (χ0) is 24.1. The molecule has 0 saturated carbocycles. The Balaban J connectivity index is 1.35.